The Morgan fingerprint density at radius 2 is 1.97 bits per heavy atom. The minimum atomic E-state index is -0.382. The van der Waals surface area contributed by atoms with Gasteiger partial charge in [0.15, 0.2) is 16.3 Å². The number of methoxy groups -OCH3 is 1. The second kappa shape index (κ2) is 8.32. The molecule has 0 atom stereocenters. The van der Waals surface area contributed by atoms with Crippen molar-refractivity contribution in [3.05, 3.63) is 58.9 Å². The molecule has 1 aliphatic heterocycles. The van der Waals surface area contributed by atoms with Crippen LogP contribution in [-0.4, -0.2) is 30.3 Å². The highest BCUT2D eigenvalue weighted by molar-refractivity contribution is 7.16. The molecule has 0 saturated heterocycles. The summed E-state index contributed by atoms with van der Waals surface area (Å²) < 4.78 is 18.3. The molecule has 8 heteroatoms. The van der Waals surface area contributed by atoms with Crippen molar-refractivity contribution in [2.75, 3.05) is 13.9 Å². The van der Waals surface area contributed by atoms with Crippen LogP contribution in [0, 0.1) is 0 Å². The van der Waals surface area contributed by atoms with Crippen molar-refractivity contribution in [3.63, 3.8) is 0 Å². The van der Waals surface area contributed by atoms with E-state index in [0.29, 0.717) is 22.8 Å². The summed E-state index contributed by atoms with van der Waals surface area (Å²) in [5.74, 6) is 0.566. The van der Waals surface area contributed by atoms with E-state index in [-0.39, 0.29) is 25.1 Å². The van der Waals surface area contributed by atoms with Crippen molar-refractivity contribution in [2.24, 2.45) is 4.99 Å². The number of aromatic nitrogens is 1. The molecule has 0 fully saturated rings. The third-order valence-corrected chi connectivity index (χ3v) is 5.41. The Balaban J connectivity index is 1.71. The molecule has 0 aliphatic carbocycles. The van der Waals surface area contributed by atoms with E-state index in [2.05, 4.69) is 4.99 Å². The lowest BCUT2D eigenvalue weighted by Gasteiger charge is -2.05. The molecule has 0 saturated carbocycles. The number of carbonyl (C=O) groups is 2. The second-order valence-corrected chi connectivity index (χ2v) is 7.24. The first kappa shape index (κ1) is 18.9. The number of nitrogens with zero attached hydrogens (tertiary/aromatic N) is 2. The van der Waals surface area contributed by atoms with E-state index in [4.69, 9.17) is 14.2 Å². The highest BCUT2D eigenvalue weighted by Gasteiger charge is 2.18. The zero-order valence-corrected chi connectivity index (χ0v) is 16.5. The number of rotatable bonds is 5. The first-order valence-electron chi connectivity index (χ1n) is 8.95. The van der Waals surface area contributed by atoms with Gasteiger partial charge in [0.1, 0.15) is 0 Å². The molecule has 29 heavy (non-hydrogen) atoms. The van der Waals surface area contributed by atoms with E-state index in [9.17, 15) is 9.59 Å². The fraction of sp³-hybridized carbons (Fsp3) is 0.190. The molecule has 148 valence electrons. The quantitative estimate of drug-likeness (QED) is 0.477. The van der Waals surface area contributed by atoms with E-state index in [1.807, 2.05) is 47.0 Å². The van der Waals surface area contributed by atoms with Gasteiger partial charge in [-0.05, 0) is 11.6 Å². The number of hydrogen-bond acceptors (Lipinski definition) is 6. The molecule has 0 unspecified atom stereocenters. The lowest BCUT2D eigenvalue weighted by molar-refractivity contribution is -0.140. The summed E-state index contributed by atoms with van der Waals surface area (Å²) >= 11 is 1.35. The number of benzene rings is 2. The molecule has 1 aromatic heterocycles. The summed E-state index contributed by atoms with van der Waals surface area (Å²) in [6.45, 7) is 0.510. The first-order chi connectivity index (χ1) is 14.1. The van der Waals surface area contributed by atoms with Crippen LogP contribution in [0.25, 0.3) is 16.3 Å². The van der Waals surface area contributed by atoms with Gasteiger partial charge in [-0.25, -0.2) is 0 Å². The minimum Gasteiger partial charge on any atom is -0.469 e. The van der Waals surface area contributed by atoms with Gasteiger partial charge in [-0.2, -0.15) is 4.99 Å². The van der Waals surface area contributed by atoms with Crippen LogP contribution in [-0.2, 0) is 20.9 Å². The Morgan fingerprint density at radius 1 is 1.21 bits per heavy atom. The van der Waals surface area contributed by atoms with Crippen molar-refractivity contribution in [1.29, 1.82) is 0 Å². The van der Waals surface area contributed by atoms with Crippen LogP contribution in [0.5, 0.6) is 11.5 Å². The molecule has 4 rings (SSSR count). The topological polar surface area (TPSA) is 79.1 Å². The van der Waals surface area contributed by atoms with Gasteiger partial charge in [0.25, 0.3) is 5.91 Å². The number of hydrogen-bond donors (Lipinski definition) is 0. The molecule has 0 spiro atoms. The van der Waals surface area contributed by atoms with Gasteiger partial charge < -0.3 is 18.8 Å². The number of esters is 1. The summed E-state index contributed by atoms with van der Waals surface area (Å²) in [6, 6.07) is 13.2. The van der Waals surface area contributed by atoms with Crippen LogP contribution >= 0.6 is 11.3 Å². The molecular weight excluding hydrogens is 392 g/mol. The molecule has 1 amide bonds. The maximum Gasteiger partial charge on any atom is 0.307 e. The Hall–Kier alpha value is -3.39. The van der Waals surface area contributed by atoms with Crippen LogP contribution in [0.15, 0.2) is 53.5 Å². The van der Waals surface area contributed by atoms with Gasteiger partial charge in [0.05, 0.1) is 23.7 Å². The maximum atomic E-state index is 12.4. The summed E-state index contributed by atoms with van der Waals surface area (Å²) in [5.41, 5.74) is 1.73. The van der Waals surface area contributed by atoms with E-state index >= 15 is 0 Å². The van der Waals surface area contributed by atoms with Crippen molar-refractivity contribution in [3.8, 4) is 11.5 Å². The normalized spacial score (nSPS) is 13.3. The Morgan fingerprint density at radius 3 is 2.72 bits per heavy atom. The third-order valence-electron chi connectivity index (χ3n) is 4.37. The van der Waals surface area contributed by atoms with E-state index in [1.165, 1.54) is 24.5 Å². The molecule has 7 nitrogen and oxygen atoms in total. The third kappa shape index (κ3) is 4.22. The maximum absolute atomic E-state index is 12.4. The van der Waals surface area contributed by atoms with Crippen molar-refractivity contribution >= 4 is 39.5 Å². The van der Waals surface area contributed by atoms with Crippen molar-refractivity contribution in [2.45, 2.75) is 13.0 Å². The highest BCUT2D eigenvalue weighted by atomic mass is 32.1. The molecular formula is C21H18N2O5S. The smallest absolute Gasteiger partial charge is 0.307 e. The standard InChI is InChI=1S/C21H18N2O5S/c1-26-20(25)9-10-23-15-11-16-17(28-13-27-16)12-18(15)29-21(23)22-19(24)8-7-14-5-3-2-4-6-14/h2-8,11-12H,9-10,13H2,1H3/b8-7+,22-21?. The fourth-order valence-corrected chi connectivity index (χ4v) is 4.00. The zero-order valence-electron chi connectivity index (χ0n) is 15.7. The van der Waals surface area contributed by atoms with Crippen molar-refractivity contribution in [1.82, 2.24) is 4.57 Å². The summed E-state index contributed by atoms with van der Waals surface area (Å²) in [5, 5.41) is 0. The largest absolute Gasteiger partial charge is 0.469 e. The Labute approximate surface area is 170 Å². The van der Waals surface area contributed by atoms with Gasteiger partial charge in [-0.1, -0.05) is 41.7 Å². The second-order valence-electron chi connectivity index (χ2n) is 6.23. The molecule has 1 aliphatic rings. The van der Waals surface area contributed by atoms with Crippen LogP contribution in [0.1, 0.15) is 12.0 Å². The van der Waals surface area contributed by atoms with E-state index in [1.54, 1.807) is 6.08 Å². The molecule has 0 bridgehead atoms. The average molecular weight is 410 g/mol. The predicted molar refractivity (Wildman–Crippen MR) is 109 cm³/mol. The van der Waals surface area contributed by atoms with Crippen LogP contribution in [0.4, 0.5) is 0 Å². The van der Waals surface area contributed by atoms with Gasteiger partial charge in [0, 0.05) is 24.8 Å². The number of aryl methyl sites for hydroxylation is 1. The van der Waals surface area contributed by atoms with Gasteiger partial charge in [-0.15, -0.1) is 0 Å². The van der Waals surface area contributed by atoms with Crippen LogP contribution in [0.3, 0.4) is 0 Å². The number of fused-ring (bicyclic) bond motifs is 2. The first-order valence-corrected chi connectivity index (χ1v) is 9.77. The SMILES string of the molecule is COC(=O)CCn1c(=NC(=O)/C=C/c2ccccc2)sc2cc3c(cc21)OCO3. The number of carbonyl (C=O) groups excluding carboxylic acids is 2. The average Bonchev–Trinajstić information content (AvgIpc) is 3.32. The van der Waals surface area contributed by atoms with Gasteiger partial charge in [-0.3, -0.25) is 9.59 Å². The summed E-state index contributed by atoms with van der Waals surface area (Å²) in [4.78, 5) is 28.8. The predicted octanol–water partition coefficient (Wildman–Crippen LogP) is 3.14. The minimum absolute atomic E-state index is 0.165. The van der Waals surface area contributed by atoms with Crippen LogP contribution in [0.2, 0.25) is 0 Å². The molecule has 2 aromatic carbocycles. The molecule has 2 heterocycles. The zero-order chi connectivity index (χ0) is 20.2. The molecule has 3 aromatic rings. The fourth-order valence-electron chi connectivity index (χ4n) is 2.93. The van der Waals surface area contributed by atoms with Crippen LogP contribution < -0.4 is 14.3 Å². The number of amides is 1. The molecule has 0 radical (unpaired) electrons. The van der Waals surface area contributed by atoms with E-state index < -0.39 is 0 Å². The van der Waals surface area contributed by atoms with E-state index in [0.717, 1.165) is 15.8 Å². The summed E-state index contributed by atoms with van der Waals surface area (Å²) in [6.07, 6.45) is 3.31. The number of ether oxygens (including phenoxy) is 3. The summed E-state index contributed by atoms with van der Waals surface area (Å²) in [7, 11) is 1.35. The Kier molecular flexibility index (Phi) is 5.44. The van der Waals surface area contributed by atoms with Crippen molar-refractivity contribution < 1.29 is 23.8 Å². The molecule has 0 N–H and O–H groups in total. The highest BCUT2D eigenvalue weighted by Crippen LogP contribution is 2.37. The lowest BCUT2D eigenvalue weighted by Crippen LogP contribution is -2.18. The lowest BCUT2D eigenvalue weighted by atomic mass is 10.2. The van der Waals surface area contributed by atoms with Gasteiger partial charge >= 0.3 is 5.97 Å². The van der Waals surface area contributed by atoms with Gasteiger partial charge in [0.2, 0.25) is 6.79 Å². The Bertz CT molecular complexity index is 1160. The number of thiazole rings is 1. The monoisotopic (exact) mass is 410 g/mol.